The molecule has 10 nitrogen and oxygen atoms in total. The zero-order valence-corrected chi connectivity index (χ0v) is 21.5. The van der Waals surface area contributed by atoms with Crippen LogP contribution in [0.4, 0.5) is 14.6 Å². The lowest BCUT2D eigenvalue weighted by molar-refractivity contribution is -0.126. The molecule has 0 unspecified atom stereocenters. The Labute approximate surface area is 221 Å². The van der Waals surface area contributed by atoms with Crippen molar-refractivity contribution in [2.45, 2.75) is 26.8 Å². The van der Waals surface area contributed by atoms with Crippen molar-refractivity contribution in [2.75, 3.05) is 24.5 Å². The highest BCUT2D eigenvalue weighted by Gasteiger charge is 2.31. The lowest BCUT2D eigenvalue weighted by atomic mass is 10.1. The minimum Gasteiger partial charge on any atom is -0.507 e. The summed E-state index contributed by atoms with van der Waals surface area (Å²) in [5.41, 5.74) is -0.306. The van der Waals surface area contributed by atoms with Gasteiger partial charge in [0.05, 0.1) is 33.7 Å². The number of hydrogen-bond donors (Lipinski definition) is 1. The van der Waals surface area contributed by atoms with Crippen LogP contribution in [0.1, 0.15) is 18.3 Å². The maximum Gasteiger partial charge on any atom is 0.355 e. The normalized spacial score (nSPS) is 15.6. The molecule has 1 fully saturated rings. The Morgan fingerprint density at radius 3 is 2.49 bits per heavy atom. The number of nitrogens with zero attached hydrogens (tertiary/aromatic N) is 7. The van der Waals surface area contributed by atoms with Crippen LogP contribution in [0, 0.1) is 25.5 Å². The van der Waals surface area contributed by atoms with Gasteiger partial charge in [0.2, 0.25) is 5.91 Å². The smallest absolute Gasteiger partial charge is 0.355 e. The van der Waals surface area contributed by atoms with Gasteiger partial charge in [-0.15, -0.1) is 0 Å². The van der Waals surface area contributed by atoms with Crippen molar-refractivity contribution >= 4 is 22.8 Å². The number of aryl methyl sites for hydroxylation is 2. The molecule has 5 rings (SSSR count). The van der Waals surface area contributed by atoms with Crippen LogP contribution in [0.5, 0.6) is 5.75 Å². The summed E-state index contributed by atoms with van der Waals surface area (Å²) < 4.78 is 32.0. The number of benzene rings is 1. The summed E-state index contributed by atoms with van der Waals surface area (Å²) in [5.74, 6) is -2.25. The second kappa shape index (κ2) is 9.86. The highest BCUT2D eigenvalue weighted by molar-refractivity contribution is 5.92. The van der Waals surface area contributed by atoms with Crippen molar-refractivity contribution in [1.82, 2.24) is 29.4 Å². The summed E-state index contributed by atoms with van der Waals surface area (Å²) in [4.78, 5) is 46.3. The van der Waals surface area contributed by atoms with Crippen molar-refractivity contribution in [3.05, 3.63) is 76.8 Å². The van der Waals surface area contributed by atoms with Gasteiger partial charge in [0.25, 0.3) is 0 Å². The third-order valence-corrected chi connectivity index (χ3v) is 6.83. The van der Waals surface area contributed by atoms with Gasteiger partial charge in [-0.2, -0.15) is 4.98 Å². The molecule has 0 spiro atoms. The van der Waals surface area contributed by atoms with E-state index in [0.717, 1.165) is 16.7 Å². The molecule has 1 aliphatic heterocycles. The monoisotopic (exact) mass is 533 g/mol. The molecule has 0 saturated carbocycles. The molecule has 39 heavy (non-hydrogen) atoms. The van der Waals surface area contributed by atoms with Crippen molar-refractivity contribution in [3.63, 3.8) is 0 Å². The van der Waals surface area contributed by atoms with Crippen LogP contribution in [0.3, 0.4) is 0 Å². The molecule has 0 radical (unpaired) electrons. The molecular formula is C27H25F2N7O3. The zero-order valence-electron chi connectivity index (χ0n) is 21.5. The largest absolute Gasteiger partial charge is 0.507 e. The number of aromatic nitrogens is 5. The number of pyridine rings is 1. The highest BCUT2D eigenvalue weighted by atomic mass is 19.1. The number of rotatable bonds is 4. The molecule has 4 heterocycles. The number of phenols is 1. The first-order chi connectivity index (χ1) is 18.6. The van der Waals surface area contributed by atoms with Gasteiger partial charge in [0, 0.05) is 31.7 Å². The molecule has 0 aliphatic carbocycles. The quantitative estimate of drug-likeness (QED) is 0.398. The lowest BCUT2D eigenvalue weighted by Gasteiger charge is -2.40. The number of piperazine rings is 1. The van der Waals surface area contributed by atoms with E-state index in [1.165, 1.54) is 24.5 Å². The summed E-state index contributed by atoms with van der Waals surface area (Å²) in [6.45, 7) is 9.57. The second-order valence-corrected chi connectivity index (χ2v) is 9.30. The highest BCUT2D eigenvalue weighted by Crippen LogP contribution is 2.36. The zero-order chi connectivity index (χ0) is 28.0. The van der Waals surface area contributed by atoms with E-state index in [9.17, 15) is 19.1 Å². The van der Waals surface area contributed by atoms with Crippen molar-refractivity contribution in [3.8, 4) is 22.7 Å². The summed E-state index contributed by atoms with van der Waals surface area (Å²) in [6, 6.07) is 4.37. The van der Waals surface area contributed by atoms with Gasteiger partial charge in [-0.05, 0) is 39.0 Å². The Morgan fingerprint density at radius 1 is 1.13 bits per heavy atom. The predicted octanol–water partition coefficient (Wildman–Crippen LogP) is 3.06. The van der Waals surface area contributed by atoms with Crippen LogP contribution in [0.2, 0.25) is 0 Å². The minimum atomic E-state index is -0.821. The molecule has 1 aliphatic rings. The van der Waals surface area contributed by atoms with E-state index in [-0.39, 0.29) is 52.3 Å². The van der Waals surface area contributed by atoms with Crippen LogP contribution >= 0.6 is 0 Å². The van der Waals surface area contributed by atoms with Gasteiger partial charge in [0.1, 0.15) is 29.5 Å². The Morgan fingerprint density at radius 2 is 1.85 bits per heavy atom. The number of anilines is 1. The number of halogens is 2. The van der Waals surface area contributed by atoms with E-state index in [1.54, 1.807) is 23.6 Å². The molecule has 1 N–H and O–H groups in total. The fourth-order valence-electron chi connectivity index (χ4n) is 4.97. The number of carbonyl (C=O) groups excluding carboxylic acids is 1. The van der Waals surface area contributed by atoms with Gasteiger partial charge < -0.3 is 14.9 Å². The number of hydrogen-bond acceptors (Lipinski definition) is 8. The summed E-state index contributed by atoms with van der Waals surface area (Å²) in [5, 5.41) is 10.3. The van der Waals surface area contributed by atoms with Crippen LogP contribution in [-0.2, 0) is 4.79 Å². The van der Waals surface area contributed by atoms with Gasteiger partial charge in [-0.25, -0.2) is 33.1 Å². The SMILES string of the molecule is C=CC(=O)N1CCN(c2nc(=O)n(-c3c(C)ncnc3C)c3nc(-c4c(O)cccc4F)cc(F)c23)[C@@H](C)C1. The first-order valence-electron chi connectivity index (χ1n) is 12.2. The number of amides is 1. The van der Waals surface area contributed by atoms with E-state index in [4.69, 9.17) is 0 Å². The number of carbonyl (C=O) groups is 1. The van der Waals surface area contributed by atoms with Gasteiger partial charge in [-0.3, -0.25) is 4.79 Å². The van der Waals surface area contributed by atoms with E-state index in [2.05, 4.69) is 26.5 Å². The van der Waals surface area contributed by atoms with Crippen molar-refractivity contribution in [2.24, 2.45) is 0 Å². The standard InChI is InChI=1S/C27H25F2N7O3/c1-5-21(38)34-9-10-35(14(2)12-34)25-23-18(29)11-19(22-17(28)7-6-8-20(22)37)32-26(23)36(27(39)33-25)24-15(3)30-13-31-16(24)4/h5-8,11,13-14,37H,1,9-10,12H2,2-4H3/t14-/m0/s1. The number of fused-ring (bicyclic) bond motifs is 1. The molecule has 3 aromatic heterocycles. The molecule has 4 aromatic rings. The summed E-state index contributed by atoms with van der Waals surface area (Å²) in [7, 11) is 0. The fourth-order valence-corrected chi connectivity index (χ4v) is 4.97. The molecule has 12 heteroatoms. The van der Waals surface area contributed by atoms with E-state index in [0.29, 0.717) is 24.5 Å². The first kappa shape index (κ1) is 25.9. The van der Waals surface area contributed by atoms with Crippen LogP contribution in [0.25, 0.3) is 28.0 Å². The predicted molar refractivity (Wildman–Crippen MR) is 141 cm³/mol. The average Bonchev–Trinajstić information content (AvgIpc) is 2.88. The first-order valence-corrected chi connectivity index (χ1v) is 12.2. The average molecular weight is 534 g/mol. The van der Waals surface area contributed by atoms with Crippen LogP contribution in [-0.4, -0.2) is 66.1 Å². The lowest BCUT2D eigenvalue weighted by Crippen LogP contribution is -2.54. The van der Waals surface area contributed by atoms with E-state index >= 15 is 4.39 Å². The van der Waals surface area contributed by atoms with Crippen molar-refractivity contribution in [1.29, 1.82) is 0 Å². The Kier molecular flexibility index (Phi) is 6.54. The van der Waals surface area contributed by atoms with Gasteiger partial charge >= 0.3 is 5.69 Å². The molecule has 200 valence electrons. The van der Waals surface area contributed by atoms with E-state index in [1.807, 2.05) is 6.92 Å². The molecular weight excluding hydrogens is 508 g/mol. The molecule has 0 bridgehead atoms. The van der Waals surface area contributed by atoms with Crippen LogP contribution in [0.15, 0.2) is 48.0 Å². The second-order valence-electron chi connectivity index (χ2n) is 9.30. The Balaban J connectivity index is 1.81. The summed E-state index contributed by atoms with van der Waals surface area (Å²) >= 11 is 0. The number of aromatic hydroxyl groups is 1. The molecule has 1 amide bonds. The Hall–Kier alpha value is -4.74. The van der Waals surface area contributed by atoms with Crippen LogP contribution < -0.4 is 10.6 Å². The fraction of sp³-hybridized carbons (Fsp3) is 0.259. The Bertz CT molecular complexity index is 1670. The third kappa shape index (κ3) is 4.37. The molecule has 1 aromatic carbocycles. The molecule has 1 atom stereocenters. The maximum atomic E-state index is 16.1. The number of phenolic OH excluding ortho intramolecular Hbond substituents is 1. The minimum absolute atomic E-state index is 0.0471. The summed E-state index contributed by atoms with van der Waals surface area (Å²) in [6.07, 6.45) is 2.57. The molecule has 1 saturated heterocycles. The third-order valence-electron chi connectivity index (χ3n) is 6.83. The topological polar surface area (TPSA) is 117 Å². The van der Waals surface area contributed by atoms with Gasteiger partial charge in [-0.1, -0.05) is 12.6 Å². The van der Waals surface area contributed by atoms with E-state index < -0.39 is 23.1 Å². The maximum absolute atomic E-state index is 16.1. The van der Waals surface area contributed by atoms with Gasteiger partial charge in [0.15, 0.2) is 5.65 Å². The van der Waals surface area contributed by atoms with Crippen molar-refractivity contribution < 1.29 is 18.7 Å².